The second-order valence-corrected chi connectivity index (χ2v) is 8.32. The number of rotatable bonds is 5. The summed E-state index contributed by atoms with van der Waals surface area (Å²) in [4.78, 5) is 19.9. The highest BCUT2D eigenvalue weighted by atomic mass is 32.1. The monoisotopic (exact) mass is 395 g/mol. The van der Waals surface area contributed by atoms with Crippen LogP contribution in [0.4, 0.5) is 5.69 Å². The molecular formula is C22H25N3O2S. The minimum absolute atomic E-state index is 0.0167. The Hall–Kier alpha value is -2.44. The summed E-state index contributed by atoms with van der Waals surface area (Å²) < 4.78 is 6.58. The highest BCUT2D eigenvalue weighted by Gasteiger charge is 2.28. The minimum atomic E-state index is -0.0167. The number of carbonyl (C=O) groups is 1. The van der Waals surface area contributed by atoms with E-state index in [-0.39, 0.29) is 11.9 Å². The molecule has 1 aromatic heterocycles. The number of hydrogen-bond donors (Lipinski definition) is 1. The van der Waals surface area contributed by atoms with E-state index in [2.05, 4.69) is 22.3 Å². The van der Waals surface area contributed by atoms with Crippen LogP contribution in [0.5, 0.6) is 5.75 Å². The van der Waals surface area contributed by atoms with Crippen molar-refractivity contribution < 1.29 is 9.53 Å². The first-order valence-electron chi connectivity index (χ1n) is 9.68. The summed E-state index contributed by atoms with van der Waals surface area (Å²) >= 11 is 1.74. The van der Waals surface area contributed by atoms with Crippen LogP contribution in [0.3, 0.4) is 0 Å². The van der Waals surface area contributed by atoms with Crippen molar-refractivity contribution in [3.8, 4) is 5.75 Å². The van der Waals surface area contributed by atoms with Gasteiger partial charge in [-0.15, -0.1) is 11.3 Å². The zero-order valence-corrected chi connectivity index (χ0v) is 17.1. The Labute approximate surface area is 169 Å². The zero-order valence-electron chi connectivity index (χ0n) is 16.3. The summed E-state index contributed by atoms with van der Waals surface area (Å²) in [7, 11) is 1.62. The fourth-order valence-corrected chi connectivity index (χ4v) is 4.92. The molecule has 0 bridgehead atoms. The van der Waals surface area contributed by atoms with Crippen LogP contribution in [0.25, 0.3) is 10.2 Å². The van der Waals surface area contributed by atoms with E-state index in [1.165, 1.54) is 11.1 Å². The number of hydrogen-bond acceptors (Lipinski definition) is 5. The number of piperidine rings is 1. The summed E-state index contributed by atoms with van der Waals surface area (Å²) in [5.41, 5.74) is 2.85. The van der Waals surface area contributed by atoms with Gasteiger partial charge in [-0.25, -0.2) is 4.98 Å². The van der Waals surface area contributed by atoms with Crippen molar-refractivity contribution in [2.45, 2.75) is 32.2 Å². The molecule has 0 unspecified atom stereocenters. The number of amides is 1. The largest absolute Gasteiger partial charge is 0.495 e. The molecule has 0 saturated carbocycles. The van der Waals surface area contributed by atoms with Crippen LogP contribution in [0, 0.1) is 6.92 Å². The third-order valence-electron chi connectivity index (χ3n) is 5.18. The Kier molecular flexibility index (Phi) is 5.59. The van der Waals surface area contributed by atoms with Gasteiger partial charge in [0.2, 0.25) is 5.91 Å². The Balaban J connectivity index is 1.50. The maximum absolute atomic E-state index is 12.8. The van der Waals surface area contributed by atoms with Crippen LogP contribution in [-0.2, 0) is 4.79 Å². The van der Waals surface area contributed by atoms with E-state index >= 15 is 0 Å². The van der Waals surface area contributed by atoms with E-state index in [4.69, 9.17) is 9.72 Å². The SMILES string of the molecule is COc1ccc(C)cc1NC(=O)CN1CCCC[C@@H]1c1nc2ccccc2s1. The first-order chi connectivity index (χ1) is 13.6. The third-order valence-corrected chi connectivity index (χ3v) is 6.32. The molecule has 1 atom stereocenters. The molecule has 0 aliphatic carbocycles. The number of anilines is 1. The summed E-state index contributed by atoms with van der Waals surface area (Å²) in [6.45, 7) is 3.28. The molecule has 1 saturated heterocycles. The molecule has 28 heavy (non-hydrogen) atoms. The van der Waals surface area contributed by atoms with Crippen LogP contribution in [-0.4, -0.2) is 36.0 Å². The van der Waals surface area contributed by atoms with E-state index in [9.17, 15) is 4.79 Å². The van der Waals surface area contributed by atoms with Crippen molar-refractivity contribution in [1.82, 2.24) is 9.88 Å². The number of benzene rings is 2. The number of methoxy groups -OCH3 is 1. The van der Waals surface area contributed by atoms with Crippen molar-refractivity contribution in [3.05, 3.63) is 53.0 Å². The molecule has 1 aliphatic heterocycles. The molecular weight excluding hydrogens is 370 g/mol. The molecule has 3 aromatic rings. The van der Waals surface area contributed by atoms with E-state index in [0.29, 0.717) is 12.3 Å². The lowest BCUT2D eigenvalue weighted by molar-refractivity contribution is -0.118. The number of carbonyl (C=O) groups excluding carboxylic acids is 1. The van der Waals surface area contributed by atoms with Crippen LogP contribution in [0.15, 0.2) is 42.5 Å². The van der Waals surface area contributed by atoms with E-state index in [1.807, 2.05) is 37.3 Å². The predicted molar refractivity (Wildman–Crippen MR) is 114 cm³/mol. The Morgan fingerprint density at radius 2 is 2.14 bits per heavy atom. The van der Waals surface area contributed by atoms with Gasteiger partial charge in [0.15, 0.2) is 0 Å². The van der Waals surface area contributed by atoms with E-state index in [0.717, 1.165) is 41.2 Å². The van der Waals surface area contributed by atoms with Crippen molar-refractivity contribution in [2.24, 2.45) is 0 Å². The molecule has 6 heteroatoms. The zero-order chi connectivity index (χ0) is 19.5. The summed E-state index contributed by atoms with van der Waals surface area (Å²) in [6, 6.07) is 14.2. The minimum Gasteiger partial charge on any atom is -0.495 e. The molecule has 0 spiro atoms. The molecule has 146 valence electrons. The lowest BCUT2D eigenvalue weighted by Gasteiger charge is -2.33. The summed E-state index contributed by atoms with van der Waals surface area (Å²) in [6.07, 6.45) is 3.33. The third kappa shape index (κ3) is 4.03. The molecule has 2 heterocycles. The Bertz CT molecular complexity index is 952. The van der Waals surface area contributed by atoms with E-state index in [1.54, 1.807) is 18.4 Å². The van der Waals surface area contributed by atoms with Gasteiger partial charge in [-0.2, -0.15) is 0 Å². The second-order valence-electron chi connectivity index (χ2n) is 7.25. The lowest BCUT2D eigenvalue weighted by atomic mass is 10.0. The van der Waals surface area contributed by atoms with Gasteiger partial charge in [0.25, 0.3) is 0 Å². The van der Waals surface area contributed by atoms with Crippen molar-refractivity contribution >= 4 is 33.1 Å². The maximum Gasteiger partial charge on any atom is 0.238 e. The van der Waals surface area contributed by atoms with Crippen LogP contribution in [0.1, 0.15) is 35.9 Å². The average Bonchev–Trinajstić information content (AvgIpc) is 3.12. The number of nitrogens with one attached hydrogen (secondary N) is 1. The van der Waals surface area contributed by atoms with Crippen LogP contribution in [0.2, 0.25) is 0 Å². The van der Waals surface area contributed by atoms with Gasteiger partial charge in [-0.1, -0.05) is 24.6 Å². The second kappa shape index (κ2) is 8.29. The lowest BCUT2D eigenvalue weighted by Crippen LogP contribution is -2.39. The molecule has 1 fully saturated rings. The number of aromatic nitrogens is 1. The van der Waals surface area contributed by atoms with Gasteiger partial charge in [-0.05, 0) is 56.1 Å². The van der Waals surface area contributed by atoms with E-state index < -0.39 is 0 Å². The van der Waals surface area contributed by atoms with Gasteiger partial charge in [0.05, 0.1) is 35.6 Å². The number of para-hydroxylation sites is 1. The highest BCUT2D eigenvalue weighted by molar-refractivity contribution is 7.18. The van der Waals surface area contributed by atoms with Crippen molar-refractivity contribution in [3.63, 3.8) is 0 Å². The van der Waals surface area contributed by atoms with Gasteiger partial charge in [-0.3, -0.25) is 9.69 Å². The molecule has 1 aliphatic rings. The number of ether oxygens (including phenoxy) is 1. The summed E-state index contributed by atoms with van der Waals surface area (Å²) in [5.74, 6) is 0.664. The molecule has 1 amide bonds. The topological polar surface area (TPSA) is 54.5 Å². The quantitative estimate of drug-likeness (QED) is 0.675. The smallest absolute Gasteiger partial charge is 0.238 e. The van der Waals surface area contributed by atoms with Gasteiger partial charge < -0.3 is 10.1 Å². The molecule has 2 aromatic carbocycles. The van der Waals surface area contributed by atoms with Crippen LogP contribution < -0.4 is 10.1 Å². The van der Waals surface area contributed by atoms with Gasteiger partial charge in [0.1, 0.15) is 10.8 Å². The number of fused-ring (bicyclic) bond motifs is 1. The van der Waals surface area contributed by atoms with Crippen molar-refractivity contribution in [1.29, 1.82) is 0 Å². The maximum atomic E-state index is 12.8. The molecule has 5 nitrogen and oxygen atoms in total. The first kappa shape index (κ1) is 18.9. The fourth-order valence-electron chi connectivity index (χ4n) is 3.79. The number of aryl methyl sites for hydroxylation is 1. The molecule has 0 radical (unpaired) electrons. The van der Waals surface area contributed by atoms with Gasteiger partial charge in [0, 0.05) is 0 Å². The van der Waals surface area contributed by atoms with Crippen molar-refractivity contribution in [2.75, 3.05) is 25.5 Å². The Morgan fingerprint density at radius 3 is 2.96 bits per heavy atom. The summed E-state index contributed by atoms with van der Waals surface area (Å²) in [5, 5.41) is 4.14. The number of thiazole rings is 1. The predicted octanol–water partition coefficient (Wildman–Crippen LogP) is 4.78. The van der Waals surface area contributed by atoms with Crippen LogP contribution >= 0.6 is 11.3 Å². The molecule has 1 N–H and O–H groups in total. The Morgan fingerprint density at radius 1 is 1.29 bits per heavy atom. The average molecular weight is 396 g/mol. The normalized spacial score (nSPS) is 17.6. The first-order valence-corrected chi connectivity index (χ1v) is 10.5. The molecule has 4 rings (SSSR count). The van der Waals surface area contributed by atoms with Gasteiger partial charge >= 0.3 is 0 Å². The number of nitrogens with zero attached hydrogens (tertiary/aromatic N) is 2. The highest BCUT2D eigenvalue weighted by Crippen LogP contribution is 2.35. The standard InChI is InChI=1S/C22H25N3O2S/c1-15-10-11-19(27-2)17(13-15)23-21(26)14-25-12-6-5-8-18(25)22-24-16-7-3-4-9-20(16)28-22/h3-4,7,9-11,13,18H,5-6,8,12,14H2,1-2H3,(H,23,26)/t18-/m1/s1. The fraction of sp³-hybridized carbons (Fsp3) is 0.364. The number of likely N-dealkylation sites (tertiary alicyclic amines) is 1.